The SMILES string of the molecule is O=C(C(Cc1ccc(O)cc1)NS(=O)(=O)c1cccc2cnccc12)N1CCN(CCCc2ccccc2)CC1. The van der Waals surface area contributed by atoms with E-state index in [1.54, 1.807) is 53.7 Å². The number of pyridine rings is 1. The number of phenols is 1. The lowest BCUT2D eigenvalue weighted by Crippen LogP contribution is -2.55. The first kappa shape index (κ1) is 27.8. The first-order valence-corrected chi connectivity index (χ1v) is 15.1. The van der Waals surface area contributed by atoms with Crippen LogP contribution in [0.5, 0.6) is 5.75 Å². The Morgan fingerprint density at radius 3 is 2.40 bits per heavy atom. The molecule has 1 atom stereocenters. The van der Waals surface area contributed by atoms with Gasteiger partial charge in [-0.2, -0.15) is 4.72 Å². The topological polar surface area (TPSA) is 103 Å². The molecule has 1 aromatic heterocycles. The third-order valence-electron chi connectivity index (χ3n) is 7.37. The van der Waals surface area contributed by atoms with Gasteiger partial charge in [0, 0.05) is 49.3 Å². The second kappa shape index (κ2) is 12.6. The number of hydrogen-bond donors (Lipinski definition) is 2. The molecule has 1 unspecified atom stereocenters. The van der Waals surface area contributed by atoms with Gasteiger partial charge >= 0.3 is 0 Å². The highest BCUT2D eigenvalue weighted by molar-refractivity contribution is 7.89. The van der Waals surface area contributed by atoms with Gasteiger partial charge in [-0.25, -0.2) is 8.42 Å². The number of carbonyl (C=O) groups is 1. The fourth-order valence-electron chi connectivity index (χ4n) is 5.19. The number of amides is 1. The molecule has 8 nitrogen and oxygen atoms in total. The Morgan fingerprint density at radius 2 is 1.65 bits per heavy atom. The van der Waals surface area contributed by atoms with Gasteiger partial charge in [-0.15, -0.1) is 0 Å². The molecule has 0 bridgehead atoms. The molecule has 1 aliphatic heterocycles. The summed E-state index contributed by atoms with van der Waals surface area (Å²) in [6.07, 6.45) is 5.40. The number of nitrogens with zero attached hydrogens (tertiary/aromatic N) is 3. The molecule has 0 aliphatic carbocycles. The summed E-state index contributed by atoms with van der Waals surface area (Å²) in [5, 5.41) is 10.9. The summed E-state index contributed by atoms with van der Waals surface area (Å²) in [5.74, 6) is -0.137. The van der Waals surface area contributed by atoms with E-state index < -0.39 is 16.1 Å². The van der Waals surface area contributed by atoms with Crippen LogP contribution in [0.1, 0.15) is 17.5 Å². The summed E-state index contributed by atoms with van der Waals surface area (Å²) in [4.78, 5) is 22.1. The summed E-state index contributed by atoms with van der Waals surface area (Å²) < 4.78 is 30.0. The molecule has 2 N–H and O–H groups in total. The standard InChI is InChI=1S/C31H34N4O4S/c36-27-13-11-25(12-14-27)22-29(33-40(38,39)30-10-4-9-26-23-32-16-15-28(26)30)31(37)35-20-18-34(19-21-35)17-5-8-24-6-2-1-3-7-24/h1-4,6-7,9-16,23,29,33,36H,5,8,17-22H2. The first-order valence-electron chi connectivity index (χ1n) is 13.6. The van der Waals surface area contributed by atoms with Crippen molar-refractivity contribution in [2.24, 2.45) is 0 Å². The lowest BCUT2D eigenvalue weighted by molar-refractivity contribution is -0.134. The summed E-state index contributed by atoms with van der Waals surface area (Å²) >= 11 is 0. The van der Waals surface area contributed by atoms with Gasteiger partial charge in [0.25, 0.3) is 0 Å². The van der Waals surface area contributed by atoms with Gasteiger partial charge in [-0.3, -0.25) is 14.7 Å². The first-order chi connectivity index (χ1) is 19.4. The fourth-order valence-corrected chi connectivity index (χ4v) is 6.61. The summed E-state index contributed by atoms with van der Waals surface area (Å²) in [6, 6.07) is 22.6. The number of benzene rings is 3. The van der Waals surface area contributed by atoms with Crippen molar-refractivity contribution in [3.05, 3.63) is 102 Å². The Balaban J connectivity index is 1.28. The molecule has 5 rings (SSSR count). The van der Waals surface area contributed by atoms with E-state index in [9.17, 15) is 18.3 Å². The maximum atomic E-state index is 13.8. The number of aryl methyl sites for hydroxylation is 1. The monoisotopic (exact) mass is 558 g/mol. The van der Waals surface area contributed by atoms with Crippen LogP contribution in [0.3, 0.4) is 0 Å². The van der Waals surface area contributed by atoms with E-state index in [2.05, 4.69) is 38.9 Å². The molecule has 9 heteroatoms. The minimum Gasteiger partial charge on any atom is -0.508 e. The minimum absolute atomic E-state index is 0.110. The van der Waals surface area contributed by atoms with Gasteiger partial charge in [0.05, 0.1) is 4.90 Å². The molecule has 2 heterocycles. The number of carbonyl (C=O) groups excluding carboxylic acids is 1. The number of phenolic OH excluding ortho intramolecular Hbond substituents is 1. The van der Waals surface area contributed by atoms with Crippen LogP contribution >= 0.6 is 0 Å². The number of aromatic hydroxyl groups is 1. The van der Waals surface area contributed by atoms with Gasteiger partial charge < -0.3 is 10.0 Å². The number of nitrogens with one attached hydrogen (secondary N) is 1. The number of rotatable bonds is 10. The maximum Gasteiger partial charge on any atom is 0.241 e. The average Bonchev–Trinajstić information content (AvgIpc) is 2.98. The Bertz CT molecular complexity index is 1530. The van der Waals surface area contributed by atoms with Gasteiger partial charge in [0.1, 0.15) is 11.8 Å². The third-order valence-corrected chi connectivity index (χ3v) is 8.90. The van der Waals surface area contributed by atoms with Crippen molar-refractivity contribution in [3.8, 4) is 5.75 Å². The van der Waals surface area contributed by atoms with E-state index >= 15 is 0 Å². The van der Waals surface area contributed by atoms with Gasteiger partial charge in [0.2, 0.25) is 15.9 Å². The van der Waals surface area contributed by atoms with E-state index in [1.165, 1.54) is 17.7 Å². The van der Waals surface area contributed by atoms with E-state index in [4.69, 9.17) is 0 Å². The van der Waals surface area contributed by atoms with Crippen molar-refractivity contribution in [2.75, 3.05) is 32.7 Å². The molecule has 0 radical (unpaired) electrons. The zero-order valence-corrected chi connectivity index (χ0v) is 23.1. The smallest absolute Gasteiger partial charge is 0.241 e. The predicted octanol–water partition coefficient (Wildman–Crippen LogP) is 3.61. The largest absolute Gasteiger partial charge is 0.508 e. The molecule has 0 saturated carbocycles. The molecule has 208 valence electrons. The van der Waals surface area contributed by atoms with Crippen molar-refractivity contribution in [1.82, 2.24) is 19.5 Å². The lowest BCUT2D eigenvalue weighted by Gasteiger charge is -2.36. The zero-order valence-electron chi connectivity index (χ0n) is 22.3. The van der Waals surface area contributed by atoms with Crippen molar-refractivity contribution >= 4 is 26.7 Å². The van der Waals surface area contributed by atoms with Crippen LogP contribution in [0, 0.1) is 0 Å². The van der Waals surface area contributed by atoms with Crippen molar-refractivity contribution < 1.29 is 18.3 Å². The minimum atomic E-state index is -4.03. The Labute approximate surface area is 235 Å². The molecule has 1 fully saturated rings. The van der Waals surface area contributed by atoms with E-state index in [0.717, 1.165) is 38.0 Å². The summed E-state index contributed by atoms with van der Waals surface area (Å²) in [7, 11) is -4.03. The molecule has 4 aromatic rings. The third kappa shape index (κ3) is 6.85. The molecular weight excluding hydrogens is 524 g/mol. The van der Waals surface area contributed by atoms with Crippen LogP contribution in [0.4, 0.5) is 0 Å². The highest BCUT2D eigenvalue weighted by Gasteiger charge is 2.32. The fraction of sp³-hybridized carbons (Fsp3) is 0.290. The number of sulfonamides is 1. The average molecular weight is 559 g/mol. The maximum absolute atomic E-state index is 13.8. The van der Waals surface area contributed by atoms with Gasteiger partial charge in [-0.05, 0) is 61.2 Å². The lowest BCUT2D eigenvalue weighted by atomic mass is 10.0. The number of fused-ring (bicyclic) bond motifs is 1. The van der Waals surface area contributed by atoms with Crippen LogP contribution in [-0.2, 0) is 27.7 Å². The quantitative estimate of drug-likeness (QED) is 0.308. The normalized spacial score (nSPS) is 15.2. The number of piperazine rings is 1. The summed E-state index contributed by atoms with van der Waals surface area (Å²) in [6.45, 7) is 3.53. The van der Waals surface area contributed by atoms with Crippen molar-refractivity contribution in [3.63, 3.8) is 0 Å². The zero-order chi connectivity index (χ0) is 28.0. The second-order valence-electron chi connectivity index (χ2n) is 10.2. The van der Waals surface area contributed by atoms with Crippen LogP contribution in [-0.4, -0.2) is 73.0 Å². The Morgan fingerprint density at radius 1 is 0.900 bits per heavy atom. The summed E-state index contributed by atoms with van der Waals surface area (Å²) in [5.41, 5.74) is 2.07. The van der Waals surface area contributed by atoms with E-state index in [1.807, 2.05) is 6.07 Å². The van der Waals surface area contributed by atoms with E-state index in [0.29, 0.717) is 23.9 Å². The second-order valence-corrected chi connectivity index (χ2v) is 11.8. The molecule has 40 heavy (non-hydrogen) atoms. The van der Waals surface area contributed by atoms with Crippen LogP contribution in [0.2, 0.25) is 0 Å². The molecule has 0 spiro atoms. The van der Waals surface area contributed by atoms with Crippen molar-refractivity contribution in [1.29, 1.82) is 0 Å². The number of hydrogen-bond acceptors (Lipinski definition) is 6. The van der Waals surface area contributed by atoms with Gasteiger partial charge in [-0.1, -0.05) is 54.6 Å². The Kier molecular flexibility index (Phi) is 8.74. The van der Waals surface area contributed by atoms with Crippen LogP contribution in [0.15, 0.2) is 96.2 Å². The van der Waals surface area contributed by atoms with Crippen molar-refractivity contribution in [2.45, 2.75) is 30.2 Å². The van der Waals surface area contributed by atoms with Crippen LogP contribution < -0.4 is 4.72 Å². The molecule has 3 aromatic carbocycles. The highest BCUT2D eigenvalue weighted by Crippen LogP contribution is 2.23. The van der Waals surface area contributed by atoms with Crippen LogP contribution in [0.25, 0.3) is 10.8 Å². The molecule has 1 aliphatic rings. The highest BCUT2D eigenvalue weighted by atomic mass is 32.2. The van der Waals surface area contributed by atoms with E-state index in [-0.39, 0.29) is 23.0 Å². The molecule has 1 saturated heterocycles. The molecule has 1 amide bonds. The Hall–Kier alpha value is -3.79. The predicted molar refractivity (Wildman–Crippen MR) is 155 cm³/mol. The van der Waals surface area contributed by atoms with Gasteiger partial charge in [0.15, 0.2) is 0 Å². The molecular formula is C31H34N4O4S. The number of aromatic nitrogens is 1.